The monoisotopic (exact) mass is 470 g/mol. The van der Waals surface area contributed by atoms with Crippen LogP contribution in [0.15, 0.2) is 97.2 Å². The van der Waals surface area contributed by atoms with Crippen molar-refractivity contribution >= 4 is 29.3 Å². The minimum Gasteiger partial charge on any atom is -0.485 e. The molecule has 1 aliphatic rings. The zero-order valence-electron chi connectivity index (χ0n) is 19.0. The maximum Gasteiger partial charge on any atom is 0.277 e. The smallest absolute Gasteiger partial charge is 0.277 e. The lowest BCUT2D eigenvalue weighted by Crippen LogP contribution is -2.31. The summed E-state index contributed by atoms with van der Waals surface area (Å²) in [7, 11) is 1.79. The summed E-state index contributed by atoms with van der Waals surface area (Å²) in [6, 6.07) is 25.6. The number of likely N-dealkylation sites (N-methyl/N-ethyl adjacent to an activating group) is 1. The number of nitrogens with zero attached hydrogens (tertiary/aromatic N) is 2. The van der Waals surface area contributed by atoms with Crippen molar-refractivity contribution in [2.24, 2.45) is 0 Å². The molecule has 0 bridgehead atoms. The van der Waals surface area contributed by atoms with E-state index < -0.39 is 0 Å². The van der Waals surface area contributed by atoms with Gasteiger partial charge in [-0.3, -0.25) is 9.69 Å². The molecular formula is C28H26N2O3S. The molecule has 6 heteroatoms. The van der Waals surface area contributed by atoms with Gasteiger partial charge in [-0.2, -0.15) is 0 Å². The van der Waals surface area contributed by atoms with Gasteiger partial charge in [0.25, 0.3) is 5.91 Å². The summed E-state index contributed by atoms with van der Waals surface area (Å²) in [6.07, 6.45) is 3.48. The van der Waals surface area contributed by atoms with Gasteiger partial charge in [-0.25, -0.2) is 0 Å². The molecule has 0 unspecified atom stereocenters. The van der Waals surface area contributed by atoms with E-state index in [9.17, 15) is 4.79 Å². The number of hydrogen-bond donors (Lipinski definition) is 0. The van der Waals surface area contributed by atoms with Crippen LogP contribution in [0.1, 0.15) is 16.7 Å². The van der Waals surface area contributed by atoms with Crippen molar-refractivity contribution < 1.29 is 14.3 Å². The number of thiocarbonyl (C=S) groups is 1. The average molecular weight is 471 g/mol. The third kappa shape index (κ3) is 5.35. The molecule has 172 valence electrons. The Bertz CT molecular complexity index is 1210. The van der Waals surface area contributed by atoms with E-state index in [0.29, 0.717) is 42.1 Å². The first-order valence-corrected chi connectivity index (χ1v) is 11.4. The molecule has 0 atom stereocenters. The molecule has 1 fully saturated rings. The predicted octanol–water partition coefficient (Wildman–Crippen LogP) is 5.43. The lowest BCUT2D eigenvalue weighted by atomic mass is 10.1. The quantitative estimate of drug-likeness (QED) is 0.237. The van der Waals surface area contributed by atoms with Crippen molar-refractivity contribution in [1.29, 1.82) is 0 Å². The fourth-order valence-electron chi connectivity index (χ4n) is 3.58. The highest BCUT2D eigenvalue weighted by Gasteiger charge is 2.34. The molecule has 0 aromatic heterocycles. The van der Waals surface area contributed by atoms with Gasteiger partial charge in [0.15, 0.2) is 16.6 Å². The van der Waals surface area contributed by atoms with Crippen molar-refractivity contribution in [2.45, 2.75) is 13.2 Å². The first-order valence-electron chi connectivity index (χ1n) is 11.0. The standard InChI is InChI=1S/C28H26N2O3S/c1-3-16-30-27(31)24(29(2)28(30)34)17-23-14-15-25(32-19-21-10-6-4-7-11-21)26(18-23)33-20-22-12-8-5-9-13-22/h3-15,17-18H,1,16,19-20H2,2H3. The van der Waals surface area contributed by atoms with Gasteiger partial charge in [0.05, 0.1) is 0 Å². The summed E-state index contributed by atoms with van der Waals surface area (Å²) >= 11 is 5.42. The van der Waals surface area contributed by atoms with E-state index in [2.05, 4.69) is 6.58 Å². The van der Waals surface area contributed by atoms with Crippen LogP contribution in [0.2, 0.25) is 0 Å². The summed E-state index contributed by atoms with van der Waals surface area (Å²) in [6.45, 7) is 4.91. The molecule has 0 radical (unpaired) electrons. The molecule has 1 amide bonds. The second-order valence-corrected chi connectivity index (χ2v) is 8.20. The van der Waals surface area contributed by atoms with Crippen LogP contribution in [-0.2, 0) is 18.0 Å². The Kier molecular flexibility index (Phi) is 7.40. The van der Waals surface area contributed by atoms with Crippen LogP contribution < -0.4 is 9.47 Å². The number of amides is 1. The Morgan fingerprint density at radius 3 is 2.06 bits per heavy atom. The molecular weight excluding hydrogens is 444 g/mol. The maximum atomic E-state index is 12.9. The molecule has 1 heterocycles. The second-order valence-electron chi connectivity index (χ2n) is 7.83. The highest BCUT2D eigenvalue weighted by Crippen LogP contribution is 2.32. The Labute approximate surface area is 205 Å². The van der Waals surface area contributed by atoms with Gasteiger partial charge >= 0.3 is 0 Å². The van der Waals surface area contributed by atoms with Gasteiger partial charge in [0.1, 0.15) is 18.9 Å². The molecule has 0 aliphatic carbocycles. The van der Waals surface area contributed by atoms with Crippen LogP contribution in [0.5, 0.6) is 11.5 Å². The zero-order chi connectivity index (χ0) is 23.9. The first-order chi connectivity index (χ1) is 16.6. The second kappa shape index (κ2) is 10.8. The third-order valence-corrected chi connectivity index (χ3v) is 5.89. The highest BCUT2D eigenvalue weighted by molar-refractivity contribution is 7.80. The molecule has 5 nitrogen and oxygen atoms in total. The van der Waals surface area contributed by atoms with Gasteiger partial charge in [-0.15, -0.1) is 6.58 Å². The van der Waals surface area contributed by atoms with Gasteiger partial charge in [-0.05, 0) is 47.1 Å². The van der Waals surface area contributed by atoms with Crippen LogP contribution in [0.25, 0.3) is 6.08 Å². The van der Waals surface area contributed by atoms with Crippen molar-refractivity contribution in [3.63, 3.8) is 0 Å². The SMILES string of the molecule is C=CCN1C(=O)C(=Cc2ccc(OCc3ccccc3)c(OCc3ccccc3)c2)N(C)C1=S. The van der Waals surface area contributed by atoms with Crippen LogP contribution >= 0.6 is 12.2 Å². The summed E-state index contributed by atoms with van der Waals surface area (Å²) in [5.74, 6) is 1.09. The van der Waals surface area contributed by atoms with E-state index in [-0.39, 0.29) is 5.91 Å². The van der Waals surface area contributed by atoms with E-state index in [1.165, 1.54) is 4.90 Å². The largest absolute Gasteiger partial charge is 0.485 e. The Morgan fingerprint density at radius 1 is 0.882 bits per heavy atom. The van der Waals surface area contributed by atoms with Crippen molar-refractivity contribution in [3.05, 3.63) is 114 Å². The van der Waals surface area contributed by atoms with Gasteiger partial charge in [0.2, 0.25) is 0 Å². The fourth-order valence-corrected chi connectivity index (χ4v) is 3.83. The van der Waals surface area contributed by atoms with E-state index in [1.54, 1.807) is 18.0 Å². The van der Waals surface area contributed by atoms with E-state index in [4.69, 9.17) is 21.7 Å². The number of carbonyl (C=O) groups is 1. The van der Waals surface area contributed by atoms with Crippen molar-refractivity contribution in [2.75, 3.05) is 13.6 Å². The number of hydrogen-bond acceptors (Lipinski definition) is 4. The minimum absolute atomic E-state index is 0.149. The normalized spacial score (nSPS) is 14.6. The summed E-state index contributed by atoms with van der Waals surface area (Å²) in [5.41, 5.74) is 3.43. The predicted molar refractivity (Wildman–Crippen MR) is 138 cm³/mol. The molecule has 3 aromatic carbocycles. The third-order valence-electron chi connectivity index (χ3n) is 5.40. The zero-order valence-corrected chi connectivity index (χ0v) is 19.8. The molecule has 1 aliphatic heterocycles. The van der Waals surface area contributed by atoms with Crippen LogP contribution in [0.3, 0.4) is 0 Å². The average Bonchev–Trinajstić information content (AvgIpc) is 3.07. The Morgan fingerprint density at radius 2 is 1.47 bits per heavy atom. The topological polar surface area (TPSA) is 42.0 Å². The highest BCUT2D eigenvalue weighted by atomic mass is 32.1. The lowest BCUT2D eigenvalue weighted by Gasteiger charge is -2.15. The van der Waals surface area contributed by atoms with Crippen LogP contribution in [0.4, 0.5) is 0 Å². The molecule has 4 rings (SSSR count). The molecule has 0 spiro atoms. The molecule has 0 saturated carbocycles. The molecule has 34 heavy (non-hydrogen) atoms. The van der Waals surface area contributed by atoms with E-state index in [0.717, 1.165) is 16.7 Å². The molecule has 0 N–H and O–H groups in total. The minimum atomic E-state index is -0.149. The van der Waals surface area contributed by atoms with Crippen molar-refractivity contribution in [1.82, 2.24) is 9.80 Å². The first kappa shape index (κ1) is 23.3. The fraction of sp³-hybridized carbons (Fsp3) is 0.143. The number of rotatable bonds is 9. The van der Waals surface area contributed by atoms with Crippen molar-refractivity contribution in [3.8, 4) is 11.5 Å². The van der Waals surface area contributed by atoms with Crippen LogP contribution in [-0.4, -0.2) is 34.4 Å². The Hall–Kier alpha value is -3.90. The van der Waals surface area contributed by atoms with Crippen LogP contribution in [0, 0.1) is 0 Å². The van der Waals surface area contributed by atoms with Gasteiger partial charge in [-0.1, -0.05) is 72.8 Å². The number of benzene rings is 3. The Balaban J connectivity index is 1.60. The molecule has 1 saturated heterocycles. The molecule has 3 aromatic rings. The van der Waals surface area contributed by atoms with E-state index >= 15 is 0 Å². The summed E-state index contributed by atoms with van der Waals surface area (Å²) in [4.78, 5) is 16.1. The summed E-state index contributed by atoms with van der Waals surface area (Å²) < 4.78 is 12.2. The number of carbonyl (C=O) groups excluding carboxylic acids is 1. The number of ether oxygens (including phenoxy) is 2. The van der Waals surface area contributed by atoms with E-state index in [1.807, 2.05) is 84.9 Å². The van der Waals surface area contributed by atoms with Gasteiger partial charge < -0.3 is 14.4 Å². The summed E-state index contributed by atoms with van der Waals surface area (Å²) in [5, 5.41) is 0.458. The lowest BCUT2D eigenvalue weighted by molar-refractivity contribution is -0.122. The van der Waals surface area contributed by atoms with Gasteiger partial charge in [0, 0.05) is 13.6 Å². The maximum absolute atomic E-state index is 12.9.